The third-order valence-electron chi connectivity index (χ3n) is 4.20. The Labute approximate surface area is 125 Å². The first kappa shape index (κ1) is 13.8. The number of likely N-dealkylation sites (tertiary alicyclic amines) is 1. The molecule has 1 saturated heterocycles. The highest BCUT2D eigenvalue weighted by atomic mass is 16.1. The van der Waals surface area contributed by atoms with Gasteiger partial charge in [0.05, 0.1) is 5.92 Å². The second kappa shape index (κ2) is 6.10. The van der Waals surface area contributed by atoms with Gasteiger partial charge in [0.25, 0.3) is 0 Å². The lowest BCUT2D eigenvalue weighted by Gasteiger charge is -2.39. The molecule has 1 aliphatic heterocycles. The van der Waals surface area contributed by atoms with Crippen molar-refractivity contribution in [1.82, 2.24) is 4.90 Å². The molecule has 3 nitrogen and oxygen atoms in total. The van der Waals surface area contributed by atoms with Gasteiger partial charge in [-0.25, -0.2) is 0 Å². The fourth-order valence-electron chi connectivity index (χ4n) is 2.93. The van der Waals surface area contributed by atoms with Crippen molar-refractivity contribution in [3.05, 3.63) is 71.8 Å². The van der Waals surface area contributed by atoms with Crippen molar-refractivity contribution >= 4 is 5.91 Å². The maximum absolute atomic E-state index is 11.1. The zero-order chi connectivity index (χ0) is 14.7. The van der Waals surface area contributed by atoms with Crippen molar-refractivity contribution < 1.29 is 4.79 Å². The monoisotopic (exact) mass is 280 g/mol. The summed E-state index contributed by atoms with van der Waals surface area (Å²) in [6, 6.07) is 21.1. The molecule has 0 aromatic heterocycles. The van der Waals surface area contributed by atoms with Crippen LogP contribution in [0.5, 0.6) is 0 Å². The lowest BCUT2D eigenvalue weighted by atomic mass is 9.88. The summed E-state index contributed by atoms with van der Waals surface area (Å²) in [5.41, 5.74) is 7.97. The van der Waals surface area contributed by atoms with E-state index in [-0.39, 0.29) is 11.8 Å². The second-order valence-corrected chi connectivity index (χ2v) is 5.69. The smallest absolute Gasteiger partial charge is 0.223 e. The minimum atomic E-state index is -0.178. The van der Waals surface area contributed by atoms with Crippen LogP contribution < -0.4 is 5.73 Å². The summed E-state index contributed by atoms with van der Waals surface area (Å²) >= 11 is 0. The molecule has 0 radical (unpaired) electrons. The van der Waals surface area contributed by atoms with E-state index in [4.69, 9.17) is 5.73 Å². The van der Waals surface area contributed by atoms with Crippen LogP contribution in [0.4, 0.5) is 0 Å². The van der Waals surface area contributed by atoms with E-state index < -0.39 is 0 Å². The normalized spacial score (nSPS) is 15.9. The lowest BCUT2D eigenvalue weighted by Crippen LogP contribution is -2.53. The summed E-state index contributed by atoms with van der Waals surface area (Å²) in [4.78, 5) is 13.5. The van der Waals surface area contributed by atoms with Crippen molar-refractivity contribution in [2.45, 2.75) is 5.92 Å². The third kappa shape index (κ3) is 3.14. The highest BCUT2D eigenvalue weighted by Gasteiger charge is 2.32. The van der Waals surface area contributed by atoms with Crippen LogP contribution in [0.15, 0.2) is 60.7 Å². The Hall–Kier alpha value is -2.13. The van der Waals surface area contributed by atoms with Gasteiger partial charge in [-0.2, -0.15) is 0 Å². The van der Waals surface area contributed by atoms with Crippen molar-refractivity contribution in [3.8, 4) is 0 Å². The molecule has 0 atom stereocenters. The zero-order valence-corrected chi connectivity index (χ0v) is 12.0. The fraction of sp³-hybridized carbons (Fsp3) is 0.278. The van der Waals surface area contributed by atoms with Gasteiger partial charge in [0, 0.05) is 25.6 Å². The number of amides is 1. The van der Waals surface area contributed by atoms with Crippen molar-refractivity contribution in [3.63, 3.8) is 0 Å². The molecule has 1 amide bonds. The molecule has 0 saturated carbocycles. The van der Waals surface area contributed by atoms with Gasteiger partial charge < -0.3 is 10.6 Å². The number of nitrogens with zero attached hydrogens (tertiary/aromatic N) is 1. The number of carbonyl (C=O) groups is 1. The molecule has 108 valence electrons. The van der Waals surface area contributed by atoms with Gasteiger partial charge in [0.15, 0.2) is 0 Å². The van der Waals surface area contributed by atoms with E-state index in [1.807, 2.05) is 12.1 Å². The number of benzene rings is 2. The average Bonchev–Trinajstić information content (AvgIpc) is 2.47. The lowest BCUT2D eigenvalue weighted by molar-refractivity contribution is -0.126. The quantitative estimate of drug-likeness (QED) is 0.913. The molecule has 0 unspecified atom stereocenters. The summed E-state index contributed by atoms with van der Waals surface area (Å²) in [6.07, 6.45) is 0. The Balaban J connectivity index is 1.77. The van der Waals surface area contributed by atoms with Crippen LogP contribution in [0.25, 0.3) is 0 Å². The standard InChI is InChI=1S/C18H20N2O/c19-18(21)16-11-20(12-16)13-17(14-7-3-1-4-8-14)15-9-5-2-6-10-15/h1-10,16-17H,11-13H2,(H2,19,21). The fourth-order valence-corrected chi connectivity index (χ4v) is 2.93. The molecular weight excluding hydrogens is 260 g/mol. The van der Waals surface area contributed by atoms with E-state index in [2.05, 4.69) is 53.4 Å². The predicted octanol–water partition coefficient (Wildman–Crippen LogP) is 2.24. The number of carbonyl (C=O) groups excluding carboxylic acids is 1. The first-order valence-electron chi connectivity index (χ1n) is 7.35. The molecule has 21 heavy (non-hydrogen) atoms. The van der Waals surface area contributed by atoms with Crippen molar-refractivity contribution in [1.29, 1.82) is 0 Å². The molecule has 2 aromatic rings. The van der Waals surface area contributed by atoms with E-state index in [1.165, 1.54) is 11.1 Å². The molecule has 1 aliphatic rings. The number of rotatable bonds is 5. The van der Waals surface area contributed by atoms with Crippen LogP contribution >= 0.6 is 0 Å². The summed E-state index contributed by atoms with van der Waals surface area (Å²) in [7, 11) is 0. The highest BCUT2D eigenvalue weighted by Crippen LogP contribution is 2.28. The van der Waals surface area contributed by atoms with Gasteiger partial charge >= 0.3 is 0 Å². The Bertz CT molecular complexity index is 552. The maximum Gasteiger partial charge on any atom is 0.223 e. The van der Waals surface area contributed by atoms with E-state index in [9.17, 15) is 4.79 Å². The molecule has 2 N–H and O–H groups in total. The molecule has 0 spiro atoms. The summed E-state index contributed by atoms with van der Waals surface area (Å²) < 4.78 is 0. The Morgan fingerprint density at radius 3 is 1.90 bits per heavy atom. The number of hydrogen-bond acceptors (Lipinski definition) is 2. The van der Waals surface area contributed by atoms with Gasteiger partial charge in [0.1, 0.15) is 0 Å². The molecule has 1 heterocycles. The Morgan fingerprint density at radius 1 is 1.00 bits per heavy atom. The van der Waals surface area contributed by atoms with E-state index in [1.54, 1.807) is 0 Å². The summed E-state index contributed by atoms with van der Waals surface area (Å²) in [5.74, 6) is 0.181. The Morgan fingerprint density at radius 2 is 1.48 bits per heavy atom. The van der Waals surface area contributed by atoms with Crippen molar-refractivity contribution in [2.24, 2.45) is 11.7 Å². The average molecular weight is 280 g/mol. The number of primary amides is 1. The van der Waals surface area contributed by atoms with Crippen LogP contribution in [0, 0.1) is 5.92 Å². The van der Waals surface area contributed by atoms with Gasteiger partial charge in [-0.15, -0.1) is 0 Å². The van der Waals surface area contributed by atoms with Crippen LogP contribution in [0.1, 0.15) is 17.0 Å². The number of nitrogens with two attached hydrogens (primary N) is 1. The number of hydrogen-bond donors (Lipinski definition) is 1. The first-order chi connectivity index (χ1) is 10.2. The Kier molecular flexibility index (Phi) is 4.02. The van der Waals surface area contributed by atoms with E-state index in [0.29, 0.717) is 5.92 Å². The topological polar surface area (TPSA) is 46.3 Å². The molecule has 2 aromatic carbocycles. The van der Waals surface area contributed by atoms with Gasteiger partial charge in [-0.1, -0.05) is 60.7 Å². The third-order valence-corrected chi connectivity index (χ3v) is 4.20. The zero-order valence-electron chi connectivity index (χ0n) is 12.0. The van der Waals surface area contributed by atoms with Gasteiger partial charge in [-0.05, 0) is 11.1 Å². The molecule has 0 aliphatic carbocycles. The molecule has 1 fully saturated rings. The SMILES string of the molecule is NC(=O)C1CN(CC(c2ccccc2)c2ccccc2)C1. The highest BCUT2D eigenvalue weighted by molar-refractivity contribution is 5.78. The predicted molar refractivity (Wildman–Crippen MR) is 83.9 cm³/mol. The van der Waals surface area contributed by atoms with Crippen LogP contribution in [0.3, 0.4) is 0 Å². The first-order valence-corrected chi connectivity index (χ1v) is 7.35. The van der Waals surface area contributed by atoms with Crippen molar-refractivity contribution in [2.75, 3.05) is 19.6 Å². The minimum absolute atomic E-state index is 0.0252. The molecule has 3 rings (SSSR count). The minimum Gasteiger partial charge on any atom is -0.369 e. The summed E-state index contributed by atoms with van der Waals surface area (Å²) in [5, 5.41) is 0. The van der Waals surface area contributed by atoms with Crippen LogP contribution in [-0.4, -0.2) is 30.4 Å². The van der Waals surface area contributed by atoms with Crippen LogP contribution in [-0.2, 0) is 4.79 Å². The van der Waals surface area contributed by atoms with E-state index in [0.717, 1.165) is 19.6 Å². The summed E-state index contributed by atoms with van der Waals surface area (Å²) in [6.45, 7) is 2.49. The van der Waals surface area contributed by atoms with Crippen LogP contribution in [0.2, 0.25) is 0 Å². The van der Waals surface area contributed by atoms with E-state index >= 15 is 0 Å². The van der Waals surface area contributed by atoms with Gasteiger partial charge in [-0.3, -0.25) is 4.79 Å². The van der Waals surface area contributed by atoms with Gasteiger partial charge in [0.2, 0.25) is 5.91 Å². The largest absolute Gasteiger partial charge is 0.369 e. The molecular formula is C18H20N2O. The molecule has 0 bridgehead atoms. The molecule has 3 heteroatoms. The maximum atomic E-state index is 11.1. The second-order valence-electron chi connectivity index (χ2n) is 5.69.